The highest BCUT2D eigenvalue weighted by atomic mass is 35.5. The lowest BCUT2D eigenvalue weighted by atomic mass is 10.2. The summed E-state index contributed by atoms with van der Waals surface area (Å²) in [5.41, 5.74) is -0.341. The lowest BCUT2D eigenvalue weighted by Crippen LogP contribution is -2.16. The van der Waals surface area contributed by atoms with Crippen molar-refractivity contribution in [3.8, 4) is 5.75 Å². The van der Waals surface area contributed by atoms with E-state index in [0.29, 0.717) is 28.4 Å². The number of nitrogens with zero attached hydrogens (tertiary/aromatic N) is 5. The van der Waals surface area contributed by atoms with E-state index in [2.05, 4.69) is 40.6 Å². The molecule has 0 amide bonds. The lowest BCUT2D eigenvalue weighted by Gasteiger charge is -2.12. The summed E-state index contributed by atoms with van der Waals surface area (Å²) in [5, 5.41) is 13.9. The Morgan fingerprint density at radius 2 is 1.61 bits per heavy atom. The molecule has 0 spiro atoms. The Bertz CT molecular complexity index is 1510. The third-order valence-corrected chi connectivity index (χ3v) is 5.30. The second-order valence-corrected chi connectivity index (χ2v) is 8.57. The van der Waals surface area contributed by atoms with Crippen LogP contribution in [0, 0.1) is 5.82 Å². The van der Waals surface area contributed by atoms with Crippen molar-refractivity contribution < 1.29 is 35.5 Å². The molecule has 2 aromatic heterocycles. The zero-order chi connectivity index (χ0) is 29.6. The molecule has 0 aliphatic heterocycles. The molecule has 2 heterocycles. The van der Waals surface area contributed by atoms with Gasteiger partial charge in [-0.05, 0) is 47.5 Å². The van der Waals surface area contributed by atoms with Crippen LogP contribution in [0.5, 0.6) is 5.75 Å². The molecule has 4 aromatic rings. The maximum absolute atomic E-state index is 13.7. The average Bonchev–Trinajstić information content (AvgIpc) is 2.89. The molecule has 8 nitrogen and oxygen atoms in total. The van der Waals surface area contributed by atoms with E-state index in [-0.39, 0.29) is 36.4 Å². The predicted molar refractivity (Wildman–Crippen MR) is 135 cm³/mol. The number of halogens is 8. The third kappa shape index (κ3) is 8.99. The molecule has 0 fully saturated rings. The number of rotatable bonds is 9. The summed E-state index contributed by atoms with van der Waals surface area (Å²) < 4.78 is 94.0. The Morgan fingerprint density at radius 1 is 0.878 bits per heavy atom. The topological polar surface area (TPSA) is 96.7 Å². The van der Waals surface area contributed by atoms with Crippen LogP contribution in [0.1, 0.15) is 16.7 Å². The van der Waals surface area contributed by atoms with Gasteiger partial charge >= 0.3 is 12.5 Å². The van der Waals surface area contributed by atoms with Crippen LogP contribution >= 0.6 is 11.6 Å². The molecule has 41 heavy (non-hydrogen) atoms. The first-order chi connectivity index (χ1) is 19.3. The largest absolute Gasteiger partial charge is 0.573 e. The van der Waals surface area contributed by atoms with Gasteiger partial charge in [-0.15, -0.1) is 18.3 Å². The molecule has 0 saturated heterocycles. The van der Waals surface area contributed by atoms with Crippen molar-refractivity contribution in [1.29, 1.82) is 0 Å². The molecule has 0 saturated carbocycles. The quantitative estimate of drug-likeness (QED) is 0.114. The van der Waals surface area contributed by atoms with Crippen molar-refractivity contribution >= 4 is 34.9 Å². The summed E-state index contributed by atoms with van der Waals surface area (Å²) in [5.74, 6) is -1.80. The number of pyridine rings is 1. The van der Waals surface area contributed by atoms with Crippen LogP contribution in [0.3, 0.4) is 0 Å². The first-order valence-electron chi connectivity index (χ1n) is 11.4. The summed E-state index contributed by atoms with van der Waals surface area (Å²) in [6.45, 7) is 0.163. The van der Waals surface area contributed by atoms with Crippen molar-refractivity contribution in [2.45, 2.75) is 25.6 Å². The molecule has 214 valence electrons. The fourth-order valence-electron chi connectivity index (χ4n) is 3.28. The minimum absolute atomic E-state index is 0.00517. The van der Waals surface area contributed by atoms with Crippen LogP contribution in [0.4, 0.5) is 54.0 Å². The number of hydrogen-bond donors (Lipinski definition) is 2. The van der Waals surface area contributed by atoms with Crippen molar-refractivity contribution in [2.75, 3.05) is 10.6 Å². The van der Waals surface area contributed by atoms with Gasteiger partial charge in [-0.3, -0.25) is 0 Å². The average molecular weight is 600 g/mol. The van der Waals surface area contributed by atoms with Gasteiger partial charge in [-0.25, -0.2) is 9.37 Å². The number of azo groups is 1. The minimum Gasteiger partial charge on any atom is -0.406 e. The van der Waals surface area contributed by atoms with Crippen molar-refractivity contribution in [2.24, 2.45) is 10.2 Å². The molecule has 0 unspecified atom stereocenters. The van der Waals surface area contributed by atoms with Crippen LogP contribution in [-0.4, -0.2) is 21.3 Å². The van der Waals surface area contributed by atoms with E-state index in [1.54, 1.807) is 12.1 Å². The first kappa shape index (κ1) is 29.5. The van der Waals surface area contributed by atoms with Crippen LogP contribution in [0.15, 0.2) is 77.1 Å². The molecule has 0 bridgehead atoms. The summed E-state index contributed by atoms with van der Waals surface area (Å²) in [6.07, 6.45) is -8.22. The highest BCUT2D eigenvalue weighted by Gasteiger charge is 2.34. The molecular weight excluding hydrogens is 583 g/mol. The summed E-state index contributed by atoms with van der Waals surface area (Å²) >= 11 is 5.79. The van der Waals surface area contributed by atoms with Gasteiger partial charge in [-0.2, -0.15) is 28.3 Å². The molecule has 16 heteroatoms. The number of anilines is 3. The Labute approximate surface area is 232 Å². The Balaban J connectivity index is 1.54. The highest BCUT2D eigenvalue weighted by Crippen LogP contribution is 2.34. The van der Waals surface area contributed by atoms with E-state index in [4.69, 9.17) is 11.6 Å². The van der Waals surface area contributed by atoms with Gasteiger partial charge in [0.2, 0.25) is 5.95 Å². The second-order valence-electron chi connectivity index (χ2n) is 8.19. The number of aromatic nitrogens is 3. The van der Waals surface area contributed by atoms with Gasteiger partial charge in [0.05, 0.1) is 12.1 Å². The zero-order valence-corrected chi connectivity index (χ0v) is 21.2. The fraction of sp³-hybridized carbons (Fsp3) is 0.160. The maximum atomic E-state index is 13.7. The van der Waals surface area contributed by atoms with Gasteiger partial charge in [0, 0.05) is 24.5 Å². The number of hydrogen-bond acceptors (Lipinski definition) is 8. The van der Waals surface area contributed by atoms with Crippen molar-refractivity contribution in [3.63, 3.8) is 0 Å². The highest BCUT2D eigenvalue weighted by molar-refractivity contribution is 6.29. The van der Waals surface area contributed by atoms with E-state index in [9.17, 15) is 30.7 Å². The van der Waals surface area contributed by atoms with Crippen LogP contribution in [0.2, 0.25) is 5.15 Å². The van der Waals surface area contributed by atoms with Crippen molar-refractivity contribution in [1.82, 2.24) is 15.0 Å². The molecular formula is C25H17ClF7N7O. The lowest BCUT2D eigenvalue weighted by molar-refractivity contribution is -0.274. The smallest absolute Gasteiger partial charge is 0.406 e. The van der Waals surface area contributed by atoms with E-state index in [1.165, 1.54) is 24.4 Å². The number of benzene rings is 2. The van der Waals surface area contributed by atoms with Gasteiger partial charge < -0.3 is 15.4 Å². The second kappa shape index (κ2) is 12.3. The number of alkyl halides is 6. The van der Waals surface area contributed by atoms with Gasteiger partial charge in [0.1, 0.15) is 22.5 Å². The molecule has 2 aromatic carbocycles. The van der Waals surface area contributed by atoms with Gasteiger partial charge in [0.25, 0.3) is 0 Å². The molecule has 0 aliphatic rings. The standard InChI is InChI=1S/C25H17ClF7N7O/c26-20-8-3-15(11-34-20)12-35-23-38-21(37-16-4-7-19(27)18(9-16)24(28,29)30)10-22(39-23)40-36-13-14-1-5-17(6-2-14)41-25(31,32)33/h1-11H,12-13H2,(H2,35,37,38,39). The molecule has 0 atom stereocenters. The van der Waals surface area contributed by atoms with Crippen LogP contribution in [-0.2, 0) is 19.3 Å². The fourth-order valence-corrected chi connectivity index (χ4v) is 3.39. The van der Waals surface area contributed by atoms with Crippen LogP contribution < -0.4 is 15.4 Å². The van der Waals surface area contributed by atoms with E-state index < -0.39 is 29.7 Å². The predicted octanol–water partition coefficient (Wildman–Crippen LogP) is 8.22. The first-order valence-corrected chi connectivity index (χ1v) is 11.8. The number of nitrogens with one attached hydrogen (secondary N) is 2. The van der Waals surface area contributed by atoms with Gasteiger partial charge in [0.15, 0.2) is 5.82 Å². The van der Waals surface area contributed by atoms with E-state index in [1.807, 2.05) is 0 Å². The van der Waals surface area contributed by atoms with Crippen molar-refractivity contribution in [3.05, 3.63) is 94.5 Å². The molecule has 0 aliphatic carbocycles. The summed E-state index contributed by atoms with van der Waals surface area (Å²) in [6, 6.07) is 11.9. The van der Waals surface area contributed by atoms with Crippen LogP contribution in [0.25, 0.3) is 0 Å². The molecule has 4 rings (SSSR count). The minimum atomic E-state index is -4.91. The monoisotopic (exact) mass is 599 g/mol. The molecule has 2 N–H and O–H groups in total. The Hall–Kier alpha value is -4.53. The third-order valence-electron chi connectivity index (χ3n) is 5.08. The zero-order valence-electron chi connectivity index (χ0n) is 20.4. The SMILES string of the molecule is Fc1ccc(Nc2cc(N=NCc3ccc(OC(F)(F)F)cc3)nc(NCc3ccc(Cl)nc3)n2)cc1C(F)(F)F. The Kier molecular flexibility index (Phi) is 8.86. The summed E-state index contributed by atoms with van der Waals surface area (Å²) in [7, 11) is 0. The normalized spacial score (nSPS) is 12.0. The van der Waals surface area contributed by atoms with E-state index >= 15 is 0 Å². The summed E-state index contributed by atoms with van der Waals surface area (Å²) in [4.78, 5) is 12.4. The maximum Gasteiger partial charge on any atom is 0.573 e. The van der Waals surface area contributed by atoms with E-state index in [0.717, 1.165) is 18.2 Å². The Morgan fingerprint density at radius 3 is 2.27 bits per heavy atom. The molecule has 0 radical (unpaired) electrons. The number of ether oxygens (including phenoxy) is 1. The van der Waals surface area contributed by atoms with Gasteiger partial charge in [-0.1, -0.05) is 29.8 Å².